The summed E-state index contributed by atoms with van der Waals surface area (Å²) in [4.78, 5) is 0. The summed E-state index contributed by atoms with van der Waals surface area (Å²) >= 11 is 0. The molecule has 0 saturated heterocycles. The van der Waals surface area contributed by atoms with Crippen molar-refractivity contribution in [2.75, 3.05) is 11.5 Å². The van der Waals surface area contributed by atoms with Crippen LogP contribution in [0, 0.1) is 0 Å². The fourth-order valence-corrected chi connectivity index (χ4v) is 3.65. The van der Waals surface area contributed by atoms with Crippen LogP contribution in [0.25, 0.3) is 10.8 Å². The van der Waals surface area contributed by atoms with E-state index < -0.39 is 5.54 Å². The number of nitrogens with two attached hydrogens (primary N) is 3. The van der Waals surface area contributed by atoms with E-state index >= 15 is 0 Å². The van der Waals surface area contributed by atoms with E-state index in [-0.39, 0.29) is 0 Å². The molecule has 0 radical (unpaired) electrons. The lowest BCUT2D eigenvalue weighted by molar-refractivity contribution is 0.662. The molecule has 0 aliphatic carbocycles. The number of benzene rings is 4. The van der Waals surface area contributed by atoms with Gasteiger partial charge in [0.25, 0.3) is 0 Å². The molecule has 26 heavy (non-hydrogen) atoms. The van der Waals surface area contributed by atoms with Crippen molar-refractivity contribution in [2.45, 2.75) is 5.54 Å². The number of rotatable bonds is 3. The molecule has 0 aliphatic rings. The number of fused-ring (bicyclic) bond motifs is 1. The zero-order valence-corrected chi connectivity index (χ0v) is 14.4. The molecule has 0 aromatic heterocycles. The zero-order chi connectivity index (χ0) is 18.1. The van der Waals surface area contributed by atoms with Crippen molar-refractivity contribution >= 4 is 22.1 Å². The second-order valence-electron chi connectivity index (χ2n) is 6.51. The molecule has 0 aliphatic heterocycles. The molecule has 4 rings (SSSR count). The van der Waals surface area contributed by atoms with Crippen LogP contribution in [0.4, 0.5) is 11.4 Å². The van der Waals surface area contributed by atoms with E-state index in [0.29, 0.717) is 11.4 Å². The highest BCUT2D eigenvalue weighted by Crippen LogP contribution is 2.41. The van der Waals surface area contributed by atoms with Crippen LogP contribution in [0.3, 0.4) is 0 Å². The summed E-state index contributed by atoms with van der Waals surface area (Å²) < 4.78 is 0. The molecule has 4 aromatic rings. The molecule has 0 bridgehead atoms. The fraction of sp³-hybridized carbons (Fsp3) is 0.0435. The first kappa shape index (κ1) is 16.2. The van der Waals surface area contributed by atoms with Gasteiger partial charge in [-0.05, 0) is 28.0 Å². The van der Waals surface area contributed by atoms with Gasteiger partial charge in [-0.15, -0.1) is 0 Å². The largest absolute Gasteiger partial charge is 0.397 e. The summed E-state index contributed by atoms with van der Waals surface area (Å²) in [5, 5.41) is 2.24. The average molecular weight is 339 g/mol. The van der Waals surface area contributed by atoms with E-state index in [2.05, 4.69) is 24.3 Å². The highest BCUT2D eigenvalue weighted by atomic mass is 14.8. The quantitative estimate of drug-likeness (QED) is 0.385. The van der Waals surface area contributed by atoms with Crippen molar-refractivity contribution in [3.05, 3.63) is 108 Å². The number of para-hydroxylation sites is 1. The molecule has 1 unspecified atom stereocenters. The van der Waals surface area contributed by atoms with Gasteiger partial charge in [-0.25, -0.2) is 0 Å². The monoisotopic (exact) mass is 339 g/mol. The van der Waals surface area contributed by atoms with Gasteiger partial charge in [-0.1, -0.05) is 84.9 Å². The molecule has 128 valence electrons. The van der Waals surface area contributed by atoms with Gasteiger partial charge in [0.15, 0.2) is 0 Å². The second-order valence-corrected chi connectivity index (χ2v) is 6.51. The number of hydrogen-bond donors (Lipinski definition) is 3. The van der Waals surface area contributed by atoms with Crippen LogP contribution in [0.15, 0.2) is 91.0 Å². The van der Waals surface area contributed by atoms with Crippen LogP contribution in [-0.4, -0.2) is 0 Å². The molecule has 0 fully saturated rings. The van der Waals surface area contributed by atoms with Crippen molar-refractivity contribution in [3.8, 4) is 0 Å². The Morgan fingerprint density at radius 3 is 2.00 bits per heavy atom. The van der Waals surface area contributed by atoms with E-state index in [1.165, 1.54) is 0 Å². The van der Waals surface area contributed by atoms with E-state index in [1.54, 1.807) is 6.07 Å². The predicted molar refractivity (Wildman–Crippen MR) is 110 cm³/mol. The third-order valence-corrected chi connectivity index (χ3v) is 5.01. The minimum atomic E-state index is -0.915. The van der Waals surface area contributed by atoms with Gasteiger partial charge in [0.1, 0.15) is 0 Å². The van der Waals surface area contributed by atoms with Crippen molar-refractivity contribution in [2.24, 2.45) is 5.73 Å². The Labute approximate surface area is 153 Å². The first-order chi connectivity index (χ1) is 12.6. The molecule has 1 atom stereocenters. The first-order valence-corrected chi connectivity index (χ1v) is 8.59. The molecule has 0 spiro atoms. The Morgan fingerprint density at radius 1 is 0.577 bits per heavy atom. The maximum Gasteiger partial charge on any atom is 0.0949 e. The van der Waals surface area contributed by atoms with Gasteiger partial charge >= 0.3 is 0 Å². The van der Waals surface area contributed by atoms with Gasteiger partial charge in [0.2, 0.25) is 0 Å². The lowest BCUT2D eigenvalue weighted by atomic mass is 9.75. The van der Waals surface area contributed by atoms with Crippen LogP contribution < -0.4 is 17.2 Å². The molecular formula is C23H21N3. The highest BCUT2D eigenvalue weighted by Gasteiger charge is 2.35. The standard InChI is InChI=1S/C23H21N3/c24-21-15-7-14-20(22(21)25)23(26,17-10-2-1-3-11-17)19-13-6-9-16-8-4-5-12-18(16)19/h1-15H,24-26H2. The van der Waals surface area contributed by atoms with Crippen molar-refractivity contribution in [3.63, 3.8) is 0 Å². The molecule has 6 N–H and O–H groups in total. The third kappa shape index (κ3) is 2.41. The van der Waals surface area contributed by atoms with Gasteiger partial charge in [-0.3, -0.25) is 0 Å². The lowest BCUT2D eigenvalue weighted by Crippen LogP contribution is -2.40. The number of anilines is 2. The Balaban J connectivity index is 2.11. The highest BCUT2D eigenvalue weighted by molar-refractivity contribution is 5.88. The lowest BCUT2D eigenvalue weighted by Gasteiger charge is -2.34. The Kier molecular flexibility index (Phi) is 3.86. The average Bonchev–Trinajstić information content (AvgIpc) is 2.70. The van der Waals surface area contributed by atoms with Crippen molar-refractivity contribution in [1.29, 1.82) is 0 Å². The van der Waals surface area contributed by atoms with Gasteiger partial charge in [-0.2, -0.15) is 0 Å². The van der Waals surface area contributed by atoms with Gasteiger partial charge in [0, 0.05) is 5.56 Å². The number of hydrogen-bond acceptors (Lipinski definition) is 3. The van der Waals surface area contributed by atoms with Crippen LogP contribution in [0.1, 0.15) is 16.7 Å². The minimum Gasteiger partial charge on any atom is -0.397 e. The SMILES string of the molecule is Nc1cccc(C(N)(c2ccccc2)c2cccc3ccccc23)c1N. The first-order valence-electron chi connectivity index (χ1n) is 8.59. The fourth-order valence-electron chi connectivity index (χ4n) is 3.65. The molecule has 3 nitrogen and oxygen atoms in total. The molecule has 4 aromatic carbocycles. The Bertz CT molecular complexity index is 1070. The summed E-state index contributed by atoms with van der Waals surface area (Å²) in [6.45, 7) is 0. The zero-order valence-electron chi connectivity index (χ0n) is 14.4. The normalized spacial score (nSPS) is 13.4. The third-order valence-electron chi connectivity index (χ3n) is 5.01. The Hall–Kier alpha value is -3.30. The summed E-state index contributed by atoms with van der Waals surface area (Å²) in [5.41, 5.74) is 22.6. The van der Waals surface area contributed by atoms with E-state index in [1.807, 2.05) is 60.7 Å². The maximum absolute atomic E-state index is 7.16. The molecule has 0 heterocycles. The summed E-state index contributed by atoms with van der Waals surface area (Å²) in [6.07, 6.45) is 0. The second kappa shape index (κ2) is 6.21. The topological polar surface area (TPSA) is 78.1 Å². The summed E-state index contributed by atoms with van der Waals surface area (Å²) in [6, 6.07) is 30.1. The minimum absolute atomic E-state index is 0.520. The van der Waals surface area contributed by atoms with E-state index in [9.17, 15) is 0 Å². The predicted octanol–water partition coefficient (Wildman–Crippen LogP) is 4.25. The Morgan fingerprint density at radius 2 is 1.19 bits per heavy atom. The van der Waals surface area contributed by atoms with E-state index in [4.69, 9.17) is 17.2 Å². The van der Waals surface area contributed by atoms with Crippen molar-refractivity contribution in [1.82, 2.24) is 0 Å². The molecule has 3 heteroatoms. The maximum atomic E-state index is 7.16. The summed E-state index contributed by atoms with van der Waals surface area (Å²) in [7, 11) is 0. The van der Waals surface area contributed by atoms with Crippen LogP contribution in [0.2, 0.25) is 0 Å². The van der Waals surface area contributed by atoms with E-state index in [0.717, 1.165) is 27.5 Å². The van der Waals surface area contributed by atoms with Crippen LogP contribution in [0.5, 0.6) is 0 Å². The van der Waals surface area contributed by atoms with Crippen LogP contribution >= 0.6 is 0 Å². The molecule has 0 saturated carbocycles. The van der Waals surface area contributed by atoms with Crippen molar-refractivity contribution < 1.29 is 0 Å². The molecule has 0 amide bonds. The molecular weight excluding hydrogens is 318 g/mol. The van der Waals surface area contributed by atoms with Gasteiger partial charge in [0.05, 0.1) is 16.9 Å². The summed E-state index contributed by atoms with van der Waals surface area (Å²) in [5.74, 6) is 0. The van der Waals surface area contributed by atoms with Crippen LogP contribution in [-0.2, 0) is 5.54 Å². The van der Waals surface area contributed by atoms with Gasteiger partial charge < -0.3 is 17.2 Å². The smallest absolute Gasteiger partial charge is 0.0949 e. The number of nitrogen functional groups attached to an aromatic ring is 2.